The van der Waals surface area contributed by atoms with E-state index in [1.54, 1.807) is 13.0 Å². The number of aromatic nitrogens is 3. The van der Waals surface area contributed by atoms with Gasteiger partial charge in [-0.25, -0.2) is 27.9 Å². The average molecular weight is 555 g/mol. The SMILES string of the molecule is CCOC(=O)c1c(NC(=O)Oc2ccc([N+](=O)[O-])cc2)nn2ccc(N3CCCC3C3CC(F)=CC=C3F)nc12. The van der Waals surface area contributed by atoms with Gasteiger partial charge in [0.2, 0.25) is 0 Å². The van der Waals surface area contributed by atoms with Crippen LogP contribution >= 0.6 is 0 Å². The number of nitrogens with zero attached hydrogens (tertiary/aromatic N) is 5. The highest BCUT2D eigenvalue weighted by molar-refractivity contribution is 6.04. The van der Waals surface area contributed by atoms with Crippen molar-refractivity contribution in [2.45, 2.75) is 32.2 Å². The summed E-state index contributed by atoms with van der Waals surface area (Å²) in [7, 11) is 0. The fourth-order valence-corrected chi connectivity index (χ4v) is 4.91. The lowest BCUT2D eigenvalue weighted by molar-refractivity contribution is -0.384. The normalized spacial score (nSPS) is 18.7. The summed E-state index contributed by atoms with van der Waals surface area (Å²) in [6.45, 7) is 2.22. The molecule has 40 heavy (non-hydrogen) atoms. The number of ether oxygens (including phenoxy) is 2. The first kappa shape index (κ1) is 26.7. The van der Waals surface area contributed by atoms with Crippen LogP contribution in [0, 0.1) is 16.0 Å². The Labute approximate surface area is 226 Å². The van der Waals surface area contributed by atoms with Crippen LogP contribution in [-0.2, 0) is 4.74 Å². The molecule has 0 saturated carbocycles. The maximum absolute atomic E-state index is 14.7. The van der Waals surface area contributed by atoms with Crippen molar-refractivity contribution < 1.29 is 32.8 Å². The Hall–Kier alpha value is -4.88. The van der Waals surface area contributed by atoms with Crippen molar-refractivity contribution in [3.05, 3.63) is 76.0 Å². The number of hydrogen-bond donors (Lipinski definition) is 1. The van der Waals surface area contributed by atoms with E-state index < -0.39 is 34.6 Å². The fraction of sp³-hybridized carbons (Fsp3) is 0.308. The van der Waals surface area contributed by atoms with E-state index in [0.29, 0.717) is 18.8 Å². The van der Waals surface area contributed by atoms with Crippen LogP contribution in [-0.4, -0.2) is 50.8 Å². The zero-order valence-corrected chi connectivity index (χ0v) is 21.3. The molecule has 1 aliphatic heterocycles. The predicted molar refractivity (Wildman–Crippen MR) is 139 cm³/mol. The van der Waals surface area contributed by atoms with Crippen molar-refractivity contribution in [3.63, 3.8) is 0 Å². The molecule has 1 aliphatic carbocycles. The molecule has 208 valence electrons. The second-order valence-corrected chi connectivity index (χ2v) is 9.14. The number of nitro benzene ring substituents is 1. The number of halogens is 2. The number of benzene rings is 1. The Morgan fingerprint density at radius 3 is 2.70 bits per heavy atom. The zero-order chi connectivity index (χ0) is 28.4. The van der Waals surface area contributed by atoms with Gasteiger partial charge in [-0.1, -0.05) is 0 Å². The van der Waals surface area contributed by atoms with Gasteiger partial charge in [-0.2, -0.15) is 0 Å². The van der Waals surface area contributed by atoms with Gasteiger partial charge in [0.15, 0.2) is 11.5 Å². The van der Waals surface area contributed by atoms with Crippen molar-refractivity contribution in [1.82, 2.24) is 14.6 Å². The standard InChI is InChI=1S/C26H24F2N6O6/c1-2-39-25(35)22-23(30-26(36)40-17-8-6-16(7-9-17)34(37)38)31-33-13-11-21(29-24(22)33)32-12-3-4-20(32)18-14-15(27)5-10-19(18)28/h5-11,13,18,20H,2-4,12,14H2,1H3,(H,30,31,36). The predicted octanol–water partition coefficient (Wildman–Crippen LogP) is 5.12. The number of esters is 1. The molecule has 0 radical (unpaired) electrons. The topological polar surface area (TPSA) is 141 Å². The van der Waals surface area contributed by atoms with Gasteiger partial charge in [-0.05, 0) is 50.1 Å². The molecule has 3 heterocycles. The molecule has 3 aromatic rings. The molecule has 14 heteroatoms. The Morgan fingerprint density at radius 1 is 1.20 bits per heavy atom. The van der Waals surface area contributed by atoms with Gasteiger partial charge in [-0.15, -0.1) is 5.10 Å². The van der Waals surface area contributed by atoms with Gasteiger partial charge in [0.25, 0.3) is 5.69 Å². The number of non-ortho nitro benzene ring substituents is 1. The first-order valence-electron chi connectivity index (χ1n) is 12.5. The monoisotopic (exact) mass is 554 g/mol. The van der Waals surface area contributed by atoms with Gasteiger partial charge >= 0.3 is 12.1 Å². The number of anilines is 2. The number of fused-ring (bicyclic) bond motifs is 1. The van der Waals surface area contributed by atoms with E-state index in [1.165, 1.54) is 35.0 Å². The maximum Gasteiger partial charge on any atom is 0.418 e. The molecule has 2 aromatic heterocycles. The van der Waals surface area contributed by atoms with E-state index in [4.69, 9.17) is 9.47 Å². The minimum Gasteiger partial charge on any atom is -0.462 e. The Balaban J connectivity index is 1.43. The molecular weight excluding hydrogens is 530 g/mol. The van der Waals surface area contributed by atoms with Crippen LogP contribution in [0.15, 0.2) is 60.3 Å². The van der Waals surface area contributed by atoms with Crippen molar-refractivity contribution in [2.75, 3.05) is 23.4 Å². The number of amides is 1. The van der Waals surface area contributed by atoms with Gasteiger partial charge in [0.05, 0.1) is 11.5 Å². The molecule has 1 aromatic carbocycles. The molecule has 1 saturated heterocycles. The van der Waals surface area contributed by atoms with E-state index in [-0.39, 0.29) is 47.5 Å². The summed E-state index contributed by atoms with van der Waals surface area (Å²) in [5.74, 6) is -1.96. The number of rotatable bonds is 7. The molecule has 12 nitrogen and oxygen atoms in total. The molecule has 0 spiro atoms. The number of carbonyl (C=O) groups is 2. The van der Waals surface area contributed by atoms with E-state index in [2.05, 4.69) is 15.4 Å². The lowest BCUT2D eigenvalue weighted by Gasteiger charge is -2.32. The van der Waals surface area contributed by atoms with Crippen molar-refractivity contribution in [1.29, 1.82) is 0 Å². The summed E-state index contributed by atoms with van der Waals surface area (Å²) >= 11 is 0. The van der Waals surface area contributed by atoms with Gasteiger partial charge < -0.3 is 14.4 Å². The number of allylic oxidation sites excluding steroid dienone is 3. The van der Waals surface area contributed by atoms with E-state index in [9.17, 15) is 28.5 Å². The number of nitro groups is 1. The van der Waals surface area contributed by atoms with Crippen LogP contribution < -0.4 is 15.0 Å². The largest absolute Gasteiger partial charge is 0.462 e. The lowest BCUT2D eigenvalue weighted by Crippen LogP contribution is -2.37. The third kappa shape index (κ3) is 5.32. The van der Waals surface area contributed by atoms with Crippen molar-refractivity contribution in [3.8, 4) is 5.75 Å². The number of nitrogens with one attached hydrogen (secondary N) is 1. The molecule has 0 bridgehead atoms. The van der Waals surface area contributed by atoms with Crippen LogP contribution in [0.5, 0.6) is 5.75 Å². The molecule has 2 aliphatic rings. The minimum atomic E-state index is -1.00. The molecule has 2 unspecified atom stereocenters. The third-order valence-electron chi connectivity index (χ3n) is 6.68. The van der Waals surface area contributed by atoms with Crippen molar-refractivity contribution in [2.24, 2.45) is 5.92 Å². The summed E-state index contributed by atoms with van der Waals surface area (Å²) < 4.78 is 40.3. The highest BCUT2D eigenvalue weighted by atomic mass is 19.1. The lowest BCUT2D eigenvalue weighted by atomic mass is 9.89. The summed E-state index contributed by atoms with van der Waals surface area (Å²) in [5.41, 5.74) is -0.223. The molecule has 1 fully saturated rings. The summed E-state index contributed by atoms with van der Waals surface area (Å²) in [6, 6.07) is 6.15. The number of hydrogen-bond acceptors (Lipinski definition) is 9. The van der Waals surface area contributed by atoms with Crippen LogP contribution in [0.3, 0.4) is 0 Å². The quantitative estimate of drug-likeness (QED) is 0.239. The Kier molecular flexibility index (Phi) is 7.40. The molecule has 1 amide bonds. The Morgan fingerprint density at radius 2 is 1.98 bits per heavy atom. The molecule has 2 atom stereocenters. The van der Waals surface area contributed by atoms with Gasteiger partial charge in [-0.3, -0.25) is 15.4 Å². The molecule has 1 N–H and O–H groups in total. The third-order valence-corrected chi connectivity index (χ3v) is 6.68. The minimum absolute atomic E-state index is 0.0281. The second kappa shape index (κ2) is 11.1. The smallest absolute Gasteiger partial charge is 0.418 e. The molecule has 5 rings (SSSR count). The zero-order valence-electron chi connectivity index (χ0n) is 21.3. The van der Waals surface area contributed by atoms with Crippen LogP contribution in [0.2, 0.25) is 0 Å². The maximum atomic E-state index is 14.7. The summed E-state index contributed by atoms with van der Waals surface area (Å²) in [6.07, 6.45) is 4.16. The highest BCUT2D eigenvalue weighted by Gasteiger charge is 2.37. The fourth-order valence-electron chi connectivity index (χ4n) is 4.91. The summed E-state index contributed by atoms with van der Waals surface area (Å²) in [5, 5.41) is 17.5. The Bertz CT molecular complexity index is 1540. The molecular formula is C26H24F2N6O6. The van der Waals surface area contributed by atoms with Gasteiger partial charge in [0.1, 0.15) is 28.8 Å². The summed E-state index contributed by atoms with van der Waals surface area (Å²) in [4.78, 5) is 42.2. The van der Waals surface area contributed by atoms with Crippen LogP contribution in [0.25, 0.3) is 5.65 Å². The average Bonchev–Trinajstić information content (AvgIpc) is 3.54. The second-order valence-electron chi connectivity index (χ2n) is 9.14. The van der Waals surface area contributed by atoms with E-state index >= 15 is 0 Å². The first-order valence-corrected chi connectivity index (χ1v) is 12.5. The van der Waals surface area contributed by atoms with Crippen LogP contribution in [0.4, 0.5) is 30.9 Å². The van der Waals surface area contributed by atoms with Crippen molar-refractivity contribution >= 4 is 35.0 Å². The van der Waals surface area contributed by atoms with E-state index in [1.807, 2.05) is 4.90 Å². The van der Waals surface area contributed by atoms with E-state index in [0.717, 1.165) is 18.6 Å². The number of carbonyl (C=O) groups excluding carboxylic acids is 2. The highest BCUT2D eigenvalue weighted by Crippen LogP contribution is 2.38. The first-order chi connectivity index (χ1) is 19.2. The van der Waals surface area contributed by atoms with Gasteiger partial charge in [0, 0.05) is 43.3 Å². The van der Waals surface area contributed by atoms with Crippen LogP contribution in [0.1, 0.15) is 36.5 Å².